The summed E-state index contributed by atoms with van der Waals surface area (Å²) < 4.78 is 5.13. The predicted molar refractivity (Wildman–Crippen MR) is 82.7 cm³/mol. The molecule has 0 saturated carbocycles. The molecule has 1 aromatic rings. The van der Waals surface area contributed by atoms with Crippen LogP contribution in [0.15, 0.2) is 0 Å². The average Bonchev–Trinajstić information content (AvgIpc) is 2.49. The van der Waals surface area contributed by atoms with E-state index >= 15 is 0 Å². The molecule has 1 heterocycles. The van der Waals surface area contributed by atoms with E-state index in [1.165, 1.54) is 0 Å². The van der Waals surface area contributed by atoms with Gasteiger partial charge >= 0.3 is 0 Å². The Kier molecular flexibility index (Phi) is 7.00. The zero-order valence-electron chi connectivity index (χ0n) is 13.2. The van der Waals surface area contributed by atoms with E-state index in [9.17, 15) is 0 Å². The van der Waals surface area contributed by atoms with Crippen molar-refractivity contribution in [2.45, 2.75) is 20.8 Å². The third-order valence-corrected chi connectivity index (χ3v) is 3.11. The number of aromatic nitrogens is 3. The van der Waals surface area contributed by atoms with Crippen LogP contribution in [-0.4, -0.2) is 61.9 Å². The number of nitrogens with zero attached hydrogens (tertiary/aromatic N) is 5. The van der Waals surface area contributed by atoms with Crippen LogP contribution < -0.4 is 15.1 Å². The van der Waals surface area contributed by atoms with Crippen LogP contribution in [0.4, 0.5) is 17.8 Å². The zero-order valence-corrected chi connectivity index (χ0v) is 13.2. The Morgan fingerprint density at radius 3 is 1.95 bits per heavy atom. The van der Waals surface area contributed by atoms with Crippen molar-refractivity contribution < 1.29 is 4.74 Å². The van der Waals surface area contributed by atoms with Gasteiger partial charge in [0.25, 0.3) is 0 Å². The van der Waals surface area contributed by atoms with E-state index in [0.717, 1.165) is 26.2 Å². The Balaban J connectivity index is 3.07. The van der Waals surface area contributed by atoms with Crippen LogP contribution in [0.2, 0.25) is 0 Å². The van der Waals surface area contributed by atoms with Crippen molar-refractivity contribution in [2.75, 3.05) is 62.1 Å². The number of ether oxygens (including phenoxy) is 1. The first kappa shape index (κ1) is 16.4. The van der Waals surface area contributed by atoms with Gasteiger partial charge in [0, 0.05) is 40.3 Å². The van der Waals surface area contributed by atoms with Gasteiger partial charge in [-0.05, 0) is 20.8 Å². The number of methoxy groups -OCH3 is 1. The Morgan fingerprint density at radius 1 is 0.950 bits per heavy atom. The summed E-state index contributed by atoms with van der Waals surface area (Å²) >= 11 is 0. The van der Waals surface area contributed by atoms with Crippen LogP contribution in [-0.2, 0) is 4.74 Å². The van der Waals surface area contributed by atoms with E-state index in [-0.39, 0.29) is 0 Å². The van der Waals surface area contributed by atoms with Gasteiger partial charge in [0.1, 0.15) is 0 Å². The Hall–Kier alpha value is -1.63. The van der Waals surface area contributed by atoms with Crippen molar-refractivity contribution in [2.24, 2.45) is 0 Å². The summed E-state index contributed by atoms with van der Waals surface area (Å²) in [6.45, 7) is 10.2. The zero-order chi connectivity index (χ0) is 15.0. The minimum Gasteiger partial charge on any atom is -0.383 e. The highest BCUT2D eigenvalue weighted by molar-refractivity contribution is 5.44. The van der Waals surface area contributed by atoms with Gasteiger partial charge in [-0.1, -0.05) is 0 Å². The standard InChI is InChI=1S/C13H26N6O/c1-6-18(7-2)12-15-11(14-4)16-13(17-12)19(8-3)9-10-20-5/h6-10H2,1-5H3,(H,14,15,16,17). The van der Waals surface area contributed by atoms with Crippen LogP contribution in [0, 0.1) is 0 Å². The van der Waals surface area contributed by atoms with Gasteiger partial charge < -0.3 is 19.9 Å². The molecule has 0 radical (unpaired) electrons. The second kappa shape index (κ2) is 8.52. The number of rotatable bonds is 9. The largest absolute Gasteiger partial charge is 0.383 e. The molecule has 0 aliphatic rings. The van der Waals surface area contributed by atoms with Crippen molar-refractivity contribution in [1.29, 1.82) is 0 Å². The van der Waals surface area contributed by atoms with Gasteiger partial charge in [0.15, 0.2) is 0 Å². The number of hydrogen-bond donors (Lipinski definition) is 1. The van der Waals surface area contributed by atoms with E-state index in [1.807, 2.05) is 7.05 Å². The molecule has 0 bridgehead atoms. The maximum absolute atomic E-state index is 5.13. The average molecular weight is 282 g/mol. The Morgan fingerprint density at radius 2 is 1.50 bits per heavy atom. The fraction of sp³-hybridized carbons (Fsp3) is 0.769. The molecule has 0 aliphatic carbocycles. The summed E-state index contributed by atoms with van der Waals surface area (Å²) in [6.07, 6.45) is 0. The van der Waals surface area contributed by atoms with Crippen LogP contribution in [0.25, 0.3) is 0 Å². The third-order valence-electron chi connectivity index (χ3n) is 3.11. The van der Waals surface area contributed by atoms with Crippen LogP contribution in [0.5, 0.6) is 0 Å². The summed E-state index contributed by atoms with van der Waals surface area (Å²) in [5.74, 6) is 1.98. The molecule has 0 unspecified atom stereocenters. The molecule has 1 rings (SSSR count). The van der Waals surface area contributed by atoms with Crippen molar-refractivity contribution in [3.63, 3.8) is 0 Å². The summed E-state index contributed by atoms with van der Waals surface area (Å²) in [4.78, 5) is 17.6. The van der Waals surface area contributed by atoms with E-state index in [2.05, 4.69) is 50.8 Å². The first-order valence-electron chi connectivity index (χ1n) is 7.12. The molecule has 0 aliphatic heterocycles. The number of nitrogens with one attached hydrogen (secondary N) is 1. The molecule has 114 valence electrons. The normalized spacial score (nSPS) is 10.4. The van der Waals surface area contributed by atoms with E-state index in [4.69, 9.17) is 4.74 Å². The molecule has 0 amide bonds. The van der Waals surface area contributed by atoms with Gasteiger partial charge in [0.05, 0.1) is 6.61 Å². The van der Waals surface area contributed by atoms with Gasteiger partial charge in [0.2, 0.25) is 17.8 Å². The summed E-state index contributed by atoms with van der Waals surface area (Å²) in [5.41, 5.74) is 0. The maximum Gasteiger partial charge on any atom is 0.232 e. The van der Waals surface area contributed by atoms with Crippen molar-refractivity contribution >= 4 is 17.8 Å². The second-order valence-corrected chi connectivity index (χ2v) is 4.25. The van der Waals surface area contributed by atoms with Crippen molar-refractivity contribution in [1.82, 2.24) is 15.0 Å². The smallest absolute Gasteiger partial charge is 0.232 e. The molecule has 7 heteroatoms. The van der Waals surface area contributed by atoms with Crippen molar-refractivity contribution in [3.8, 4) is 0 Å². The number of hydrogen-bond acceptors (Lipinski definition) is 7. The molecule has 0 aromatic carbocycles. The number of likely N-dealkylation sites (N-methyl/N-ethyl adjacent to an activating group) is 1. The van der Waals surface area contributed by atoms with E-state index in [1.54, 1.807) is 7.11 Å². The predicted octanol–water partition coefficient (Wildman–Crippen LogP) is 1.23. The maximum atomic E-state index is 5.13. The highest BCUT2D eigenvalue weighted by atomic mass is 16.5. The lowest BCUT2D eigenvalue weighted by molar-refractivity contribution is 0.205. The Bertz CT molecular complexity index is 396. The molecular formula is C13H26N6O. The quantitative estimate of drug-likeness (QED) is 0.730. The molecule has 1 aromatic heterocycles. The number of anilines is 3. The van der Waals surface area contributed by atoms with Gasteiger partial charge in [-0.2, -0.15) is 15.0 Å². The summed E-state index contributed by atoms with van der Waals surface area (Å²) in [7, 11) is 3.51. The minimum absolute atomic E-state index is 0.591. The fourth-order valence-electron chi connectivity index (χ4n) is 1.86. The topological polar surface area (TPSA) is 66.4 Å². The fourth-order valence-corrected chi connectivity index (χ4v) is 1.86. The molecular weight excluding hydrogens is 256 g/mol. The first-order chi connectivity index (χ1) is 9.69. The molecule has 0 atom stereocenters. The molecule has 0 spiro atoms. The molecule has 0 saturated heterocycles. The SMILES string of the molecule is CCN(CC)c1nc(NC)nc(N(CC)CCOC)n1. The van der Waals surface area contributed by atoms with Gasteiger partial charge in [-0.25, -0.2) is 0 Å². The first-order valence-corrected chi connectivity index (χ1v) is 7.12. The van der Waals surface area contributed by atoms with Crippen LogP contribution in [0.3, 0.4) is 0 Å². The lowest BCUT2D eigenvalue weighted by Crippen LogP contribution is -2.31. The van der Waals surface area contributed by atoms with Crippen molar-refractivity contribution in [3.05, 3.63) is 0 Å². The highest BCUT2D eigenvalue weighted by Crippen LogP contribution is 2.16. The molecule has 1 N–H and O–H groups in total. The van der Waals surface area contributed by atoms with E-state index in [0.29, 0.717) is 24.5 Å². The second-order valence-electron chi connectivity index (χ2n) is 4.25. The minimum atomic E-state index is 0.591. The highest BCUT2D eigenvalue weighted by Gasteiger charge is 2.14. The molecule has 7 nitrogen and oxygen atoms in total. The molecule has 20 heavy (non-hydrogen) atoms. The van der Waals surface area contributed by atoms with Gasteiger partial charge in [-0.3, -0.25) is 0 Å². The summed E-state index contributed by atoms with van der Waals surface area (Å²) in [5, 5.41) is 3.00. The summed E-state index contributed by atoms with van der Waals surface area (Å²) in [6, 6.07) is 0. The van der Waals surface area contributed by atoms with Crippen LogP contribution >= 0.6 is 0 Å². The monoisotopic (exact) mass is 282 g/mol. The third kappa shape index (κ3) is 4.19. The van der Waals surface area contributed by atoms with Gasteiger partial charge in [-0.15, -0.1) is 0 Å². The Labute approximate surface area is 121 Å². The lowest BCUT2D eigenvalue weighted by Gasteiger charge is -2.24. The lowest BCUT2D eigenvalue weighted by atomic mass is 10.5. The molecule has 0 fully saturated rings. The van der Waals surface area contributed by atoms with E-state index < -0.39 is 0 Å². The van der Waals surface area contributed by atoms with Crippen LogP contribution in [0.1, 0.15) is 20.8 Å².